The summed E-state index contributed by atoms with van der Waals surface area (Å²) in [7, 11) is 1.63. The standard InChI is InChI=1S/C13H15NO2/c1-10(8-14)7-13(15)12-5-3-11(4-6-12)9-16-2/h3-6,10H,7,9H2,1-2H3. The maximum absolute atomic E-state index is 11.7. The molecule has 16 heavy (non-hydrogen) atoms. The van der Waals surface area contributed by atoms with E-state index in [1.807, 2.05) is 12.1 Å². The van der Waals surface area contributed by atoms with E-state index in [2.05, 4.69) is 6.07 Å². The number of nitriles is 1. The number of benzene rings is 1. The Bertz CT molecular complexity index is 389. The molecule has 84 valence electrons. The number of rotatable bonds is 5. The normalized spacial score (nSPS) is 11.8. The highest BCUT2D eigenvalue weighted by Crippen LogP contribution is 2.11. The number of Topliss-reactive ketones (excluding diaryl/α,β-unsaturated/α-hetero) is 1. The summed E-state index contributed by atoms with van der Waals surface area (Å²) in [5, 5.41) is 8.63. The molecular weight excluding hydrogens is 202 g/mol. The van der Waals surface area contributed by atoms with Crippen LogP contribution < -0.4 is 0 Å². The van der Waals surface area contributed by atoms with E-state index in [1.54, 1.807) is 26.2 Å². The molecule has 0 bridgehead atoms. The summed E-state index contributed by atoms with van der Waals surface area (Å²) in [4.78, 5) is 11.7. The summed E-state index contributed by atoms with van der Waals surface area (Å²) < 4.78 is 4.98. The average molecular weight is 217 g/mol. The van der Waals surface area contributed by atoms with E-state index in [1.165, 1.54) is 0 Å². The molecule has 0 amide bonds. The Kier molecular flexibility index (Phi) is 4.68. The number of hydrogen-bond donors (Lipinski definition) is 0. The van der Waals surface area contributed by atoms with Crippen LogP contribution in [0, 0.1) is 17.2 Å². The predicted octanol–water partition coefficient (Wildman–Crippen LogP) is 2.57. The van der Waals surface area contributed by atoms with Gasteiger partial charge in [-0.1, -0.05) is 24.3 Å². The average Bonchev–Trinajstić information content (AvgIpc) is 2.30. The minimum atomic E-state index is -0.230. The molecule has 0 saturated heterocycles. The van der Waals surface area contributed by atoms with Crippen molar-refractivity contribution in [3.8, 4) is 6.07 Å². The third-order valence-corrected chi connectivity index (χ3v) is 2.30. The Morgan fingerprint density at radius 3 is 2.56 bits per heavy atom. The lowest BCUT2D eigenvalue weighted by atomic mass is 10.00. The molecule has 0 aliphatic rings. The fourth-order valence-electron chi connectivity index (χ4n) is 1.40. The Morgan fingerprint density at radius 1 is 1.44 bits per heavy atom. The van der Waals surface area contributed by atoms with Crippen molar-refractivity contribution >= 4 is 5.78 Å². The van der Waals surface area contributed by atoms with Crippen molar-refractivity contribution in [2.24, 2.45) is 5.92 Å². The van der Waals surface area contributed by atoms with Crippen LogP contribution in [-0.4, -0.2) is 12.9 Å². The number of hydrogen-bond acceptors (Lipinski definition) is 3. The van der Waals surface area contributed by atoms with Crippen molar-refractivity contribution in [1.29, 1.82) is 5.26 Å². The van der Waals surface area contributed by atoms with Crippen molar-refractivity contribution in [3.05, 3.63) is 35.4 Å². The van der Waals surface area contributed by atoms with Crippen molar-refractivity contribution in [1.82, 2.24) is 0 Å². The second-order valence-electron chi connectivity index (χ2n) is 3.79. The van der Waals surface area contributed by atoms with E-state index in [0.29, 0.717) is 12.2 Å². The molecule has 3 nitrogen and oxygen atoms in total. The first-order valence-corrected chi connectivity index (χ1v) is 5.18. The van der Waals surface area contributed by atoms with E-state index >= 15 is 0 Å². The molecule has 0 saturated carbocycles. The summed E-state index contributed by atoms with van der Waals surface area (Å²) in [6.07, 6.45) is 0.278. The number of ketones is 1. The van der Waals surface area contributed by atoms with Gasteiger partial charge < -0.3 is 4.74 Å². The molecule has 0 spiro atoms. The van der Waals surface area contributed by atoms with E-state index in [9.17, 15) is 4.79 Å². The maximum atomic E-state index is 11.7. The molecular formula is C13H15NO2. The first kappa shape index (κ1) is 12.4. The SMILES string of the molecule is COCc1ccc(C(=O)CC(C)C#N)cc1. The molecule has 0 radical (unpaired) electrons. The Morgan fingerprint density at radius 2 is 2.06 bits per heavy atom. The van der Waals surface area contributed by atoms with Gasteiger partial charge in [0.05, 0.1) is 18.6 Å². The number of methoxy groups -OCH3 is 1. The first-order chi connectivity index (χ1) is 7.67. The number of carbonyl (C=O) groups is 1. The lowest BCUT2D eigenvalue weighted by Gasteiger charge is -2.04. The monoisotopic (exact) mass is 217 g/mol. The number of ether oxygens (including phenoxy) is 1. The van der Waals surface area contributed by atoms with Gasteiger partial charge in [0.2, 0.25) is 0 Å². The minimum absolute atomic E-state index is 0.0121. The molecule has 0 aliphatic carbocycles. The van der Waals surface area contributed by atoms with Crippen LogP contribution >= 0.6 is 0 Å². The summed E-state index contributed by atoms with van der Waals surface area (Å²) in [6, 6.07) is 9.35. The van der Waals surface area contributed by atoms with Gasteiger partial charge in [0.1, 0.15) is 0 Å². The maximum Gasteiger partial charge on any atom is 0.164 e. The van der Waals surface area contributed by atoms with Gasteiger partial charge in [-0.3, -0.25) is 4.79 Å². The highest BCUT2D eigenvalue weighted by molar-refractivity contribution is 5.96. The van der Waals surface area contributed by atoms with Crippen LogP contribution in [0.2, 0.25) is 0 Å². The van der Waals surface area contributed by atoms with E-state index in [0.717, 1.165) is 5.56 Å². The summed E-state index contributed by atoms with van der Waals surface area (Å²) in [5.41, 5.74) is 1.69. The van der Waals surface area contributed by atoms with Crippen LogP contribution in [-0.2, 0) is 11.3 Å². The predicted molar refractivity (Wildman–Crippen MR) is 60.9 cm³/mol. The molecule has 0 fully saturated rings. The van der Waals surface area contributed by atoms with Crippen molar-refractivity contribution < 1.29 is 9.53 Å². The Balaban J connectivity index is 2.67. The highest BCUT2D eigenvalue weighted by Gasteiger charge is 2.10. The van der Waals surface area contributed by atoms with E-state index < -0.39 is 0 Å². The van der Waals surface area contributed by atoms with Crippen LogP contribution in [0.25, 0.3) is 0 Å². The second-order valence-corrected chi connectivity index (χ2v) is 3.79. The van der Waals surface area contributed by atoms with Gasteiger partial charge in [-0.05, 0) is 12.5 Å². The van der Waals surface area contributed by atoms with Crippen LogP contribution in [0.4, 0.5) is 0 Å². The summed E-state index contributed by atoms with van der Waals surface area (Å²) in [6.45, 7) is 2.29. The van der Waals surface area contributed by atoms with Gasteiger partial charge in [0.25, 0.3) is 0 Å². The van der Waals surface area contributed by atoms with Gasteiger partial charge in [-0.2, -0.15) is 5.26 Å². The molecule has 1 aromatic carbocycles. The highest BCUT2D eigenvalue weighted by atomic mass is 16.5. The zero-order chi connectivity index (χ0) is 12.0. The third kappa shape index (κ3) is 3.48. The minimum Gasteiger partial charge on any atom is -0.380 e. The van der Waals surface area contributed by atoms with Gasteiger partial charge in [0, 0.05) is 19.1 Å². The van der Waals surface area contributed by atoms with E-state index in [4.69, 9.17) is 10.00 Å². The van der Waals surface area contributed by atoms with Crippen molar-refractivity contribution in [2.75, 3.05) is 7.11 Å². The van der Waals surface area contributed by atoms with Gasteiger partial charge in [-0.25, -0.2) is 0 Å². The van der Waals surface area contributed by atoms with Crippen LogP contribution in [0.15, 0.2) is 24.3 Å². The number of nitrogens with zero attached hydrogens (tertiary/aromatic N) is 1. The first-order valence-electron chi connectivity index (χ1n) is 5.18. The fourth-order valence-corrected chi connectivity index (χ4v) is 1.40. The lowest BCUT2D eigenvalue weighted by molar-refractivity contribution is 0.0972. The molecule has 1 aromatic rings. The molecule has 0 N–H and O–H groups in total. The fraction of sp³-hybridized carbons (Fsp3) is 0.385. The van der Waals surface area contributed by atoms with Gasteiger partial charge in [0.15, 0.2) is 5.78 Å². The number of carbonyl (C=O) groups excluding carboxylic acids is 1. The van der Waals surface area contributed by atoms with E-state index in [-0.39, 0.29) is 18.1 Å². The zero-order valence-corrected chi connectivity index (χ0v) is 9.56. The van der Waals surface area contributed by atoms with Crippen LogP contribution in [0.3, 0.4) is 0 Å². The molecule has 0 heterocycles. The van der Waals surface area contributed by atoms with Crippen LogP contribution in [0.5, 0.6) is 0 Å². The second kappa shape index (κ2) is 6.04. The molecule has 0 aromatic heterocycles. The quantitative estimate of drug-likeness (QED) is 0.712. The third-order valence-electron chi connectivity index (χ3n) is 2.30. The van der Waals surface area contributed by atoms with Crippen molar-refractivity contribution in [2.45, 2.75) is 20.0 Å². The molecule has 1 atom stereocenters. The smallest absolute Gasteiger partial charge is 0.164 e. The molecule has 0 aliphatic heterocycles. The Labute approximate surface area is 95.7 Å². The molecule has 3 heteroatoms. The van der Waals surface area contributed by atoms with Gasteiger partial charge >= 0.3 is 0 Å². The van der Waals surface area contributed by atoms with Crippen molar-refractivity contribution in [3.63, 3.8) is 0 Å². The topological polar surface area (TPSA) is 50.1 Å². The van der Waals surface area contributed by atoms with Crippen LogP contribution in [0.1, 0.15) is 29.3 Å². The molecule has 1 unspecified atom stereocenters. The largest absolute Gasteiger partial charge is 0.380 e. The zero-order valence-electron chi connectivity index (χ0n) is 9.56. The van der Waals surface area contributed by atoms with Gasteiger partial charge in [-0.15, -0.1) is 0 Å². The summed E-state index contributed by atoms with van der Waals surface area (Å²) >= 11 is 0. The lowest BCUT2D eigenvalue weighted by Crippen LogP contribution is -2.04. The summed E-state index contributed by atoms with van der Waals surface area (Å²) in [5.74, 6) is -0.218. The Hall–Kier alpha value is -1.66. The molecule has 1 rings (SSSR count).